The first-order valence-electron chi connectivity index (χ1n) is 5.36. The molecule has 0 aliphatic heterocycles. The minimum Gasteiger partial charge on any atom is -0.367 e. The van der Waals surface area contributed by atoms with Crippen LogP contribution in [0.3, 0.4) is 0 Å². The smallest absolute Gasteiger partial charge is 0.157 e. The average molecular weight is 283 g/mol. The molecular weight excluding hydrogens is 268 g/mol. The summed E-state index contributed by atoms with van der Waals surface area (Å²) < 4.78 is 1.75. The largest absolute Gasteiger partial charge is 0.367 e. The highest BCUT2D eigenvalue weighted by Crippen LogP contribution is 2.12. The minimum atomic E-state index is 0.396. The molecule has 0 bridgehead atoms. The number of fused-ring (bicyclic) bond motifs is 1. The molecule has 0 saturated carbocycles. The van der Waals surface area contributed by atoms with Crippen LogP contribution in [-0.4, -0.2) is 25.5 Å². The van der Waals surface area contributed by atoms with Crippen LogP contribution in [0.25, 0.3) is 5.65 Å². The van der Waals surface area contributed by atoms with Crippen LogP contribution in [-0.2, 0) is 0 Å². The van der Waals surface area contributed by atoms with E-state index in [2.05, 4.69) is 45.2 Å². The third-order valence-corrected chi connectivity index (χ3v) is 2.70. The summed E-state index contributed by atoms with van der Waals surface area (Å²) in [6.07, 6.45) is 4.72. The number of anilines is 1. The van der Waals surface area contributed by atoms with E-state index in [4.69, 9.17) is 0 Å². The van der Waals surface area contributed by atoms with Gasteiger partial charge in [0.1, 0.15) is 5.82 Å². The van der Waals surface area contributed by atoms with E-state index in [0.29, 0.717) is 10.9 Å². The molecule has 0 fully saturated rings. The fourth-order valence-electron chi connectivity index (χ4n) is 1.69. The molecular formula is C11H15BrN4. The number of halogens is 1. The average Bonchev–Trinajstić information content (AvgIpc) is 2.63. The van der Waals surface area contributed by atoms with Gasteiger partial charge < -0.3 is 5.32 Å². The number of rotatable bonds is 4. The van der Waals surface area contributed by atoms with E-state index in [1.165, 1.54) is 0 Å². The van der Waals surface area contributed by atoms with Gasteiger partial charge in [-0.2, -0.15) is 5.10 Å². The Morgan fingerprint density at radius 1 is 1.44 bits per heavy atom. The van der Waals surface area contributed by atoms with E-state index in [0.717, 1.165) is 17.9 Å². The lowest BCUT2D eigenvalue weighted by atomic mass is 10.2. The topological polar surface area (TPSA) is 42.2 Å². The van der Waals surface area contributed by atoms with Crippen molar-refractivity contribution in [2.75, 3.05) is 5.32 Å². The Hall–Kier alpha value is -1.10. The first-order valence-corrected chi connectivity index (χ1v) is 6.28. The Morgan fingerprint density at radius 2 is 2.25 bits per heavy atom. The number of nitrogens with zero attached hydrogens (tertiary/aromatic N) is 3. The Morgan fingerprint density at radius 3 is 3.00 bits per heavy atom. The van der Waals surface area contributed by atoms with Gasteiger partial charge in [0.2, 0.25) is 0 Å². The SMILES string of the molecule is CC(Br)CC(C)Nc1ccn2nccc2n1. The second-order valence-electron chi connectivity index (χ2n) is 4.01. The van der Waals surface area contributed by atoms with Crippen LogP contribution >= 0.6 is 15.9 Å². The van der Waals surface area contributed by atoms with Crippen molar-refractivity contribution in [3.63, 3.8) is 0 Å². The van der Waals surface area contributed by atoms with Crippen LogP contribution < -0.4 is 5.32 Å². The third-order valence-electron chi connectivity index (χ3n) is 2.33. The molecule has 0 saturated heterocycles. The predicted molar refractivity (Wildman–Crippen MR) is 69.1 cm³/mol. The van der Waals surface area contributed by atoms with Gasteiger partial charge in [0.05, 0.1) is 6.20 Å². The quantitative estimate of drug-likeness (QED) is 0.877. The molecule has 2 aromatic rings. The molecule has 5 heteroatoms. The van der Waals surface area contributed by atoms with Crippen LogP contribution in [0, 0.1) is 0 Å². The van der Waals surface area contributed by atoms with Crippen LogP contribution in [0.1, 0.15) is 20.3 Å². The molecule has 0 aliphatic rings. The Labute approximate surface area is 103 Å². The van der Waals surface area contributed by atoms with Gasteiger partial charge in [-0.1, -0.05) is 22.9 Å². The number of hydrogen-bond donors (Lipinski definition) is 1. The maximum atomic E-state index is 4.46. The molecule has 2 heterocycles. The summed E-state index contributed by atoms with van der Waals surface area (Å²) >= 11 is 3.55. The van der Waals surface area contributed by atoms with Gasteiger partial charge in [-0.3, -0.25) is 0 Å². The maximum absolute atomic E-state index is 4.46. The second-order valence-corrected chi connectivity index (χ2v) is 5.57. The van der Waals surface area contributed by atoms with Crippen LogP contribution in [0.2, 0.25) is 0 Å². The summed E-state index contributed by atoms with van der Waals surface area (Å²) in [4.78, 5) is 4.96. The van der Waals surface area contributed by atoms with Crippen molar-refractivity contribution in [3.05, 3.63) is 24.5 Å². The molecule has 2 rings (SSSR count). The summed E-state index contributed by atoms with van der Waals surface area (Å²) in [7, 11) is 0. The third kappa shape index (κ3) is 2.72. The van der Waals surface area contributed by atoms with E-state index in [1.54, 1.807) is 10.7 Å². The van der Waals surface area contributed by atoms with Crippen molar-refractivity contribution < 1.29 is 0 Å². The molecule has 86 valence electrons. The highest BCUT2D eigenvalue weighted by molar-refractivity contribution is 9.09. The highest BCUT2D eigenvalue weighted by Gasteiger charge is 2.06. The number of hydrogen-bond acceptors (Lipinski definition) is 3. The second kappa shape index (κ2) is 4.82. The zero-order chi connectivity index (χ0) is 11.5. The molecule has 0 spiro atoms. The first kappa shape index (κ1) is 11.4. The summed E-state index contributed by atoms with van der Waals surface area (Å²) in [6, 6.07) is 4.23. The zero-order valence-corrected chi connectivity index (χ0v) is 11.0. The van der Waals surface area contributed by atoms with Gasteiger partial charge in [0, 0.05) is 23.1 Å². The van der Waals surface area contributed by atoms with Gasteiger partial charge in [-0.25, -0.2) is 9.50 Å². The summed E-state index contributed by atoms with van der Waals surface area (Å²) in [5.41, 5.74) is 0.865. The molecule has 2 atom stereocenters. The molecule has 1 N–H and O–H groups in total. The fraction of sp³-hybridized carbons (Fsp3) is 0.455. The van der Waals surface area contributed by atoms with Crippen LogP contribution in [0.5, 0.6) is 0 Å². The summed E-state index contributed by atoms with van der Waals surface area (Å²) in [5, 5.41) is 7.48. The normalized spacial score (nSPS) is 14.9. The monoisotopic (exact) mass is 282 g/mol. The van der Waals surface area contributed by atoms with Crippen molar-refractivity contribution in [2.45, 2.75) is 31.1 Å². The number of alkyl halides is 1. The van der Waals surface area contributed by atoms with Gasteiger partial charge in [-0.05, 0) is 19.4 Å². The first-order chi connectivity index (χ1) is 7.65. The van der Waals surface area contributed by atoms with Crippen molar-refractivity contribution in [3.8, 4) is 0 Å². The lowest BCUT2D eigenvalue weighted by Crippen LogP contribution is -2.19. The Balaban J connectivity index is 2.08. The standard InChI is InChI=1S/C11H15BrN4/c1-8(12)7-9(2)14-10-4-6-16-11(15-10)3-5-13-16/h3-6,8-9H,7H2,1-2H3,(H,14,15). The molecule has 4 nitrogen and oxygen atoms in total. The lowest BCUT2D eigenvalue weighted by Gasteiger charge is -2.15. The van der Waals surface area contributed by atoms with Crippen molar-refractivity contribution >= 4 is 27.4 Å². The molecule has 0 amide bonds. The van der Waals surface area contributed by atoms with Crippen LogP contribution in [0.4, 0.5) is 5.82 Å². The van der Waals surface area contributed by atoms with E-state index < -0.39 is 0 Å². The van der Waals surface area contributed by atoms with Crippen LogP contribution in [0.15, 0.2) is 24.5 Å². The number of aromatic nitrogens is 3. The van der Waals surface area contributed by atoms with Gasteiger partial charge in [0.15, 0.2) is 5.65 Å². The molecule has 0 aromatic carbocycles. The van der Waals surface area contributed by atoms with Gasteiger partial charge >= 0.3 is 0 Å². The van der Waals surface area contributed by atoms with Gasteiger partial charge in [-0.15, -0.1) is 0 Å². The molecule has 2 unspecified atom stereocenters. The van der Waals surface area contributed by atoms with Crippen molar-refractivity contribution in [1.29, 1.82) is 0 Å². The van der Waals surface area contributed by atoms with Crippen molar-refractivity contribution in [2.24, 2.45) is 0 Å². The lowest BCUT2D eigenvalue weighted by molar-refractivity contribution is 0.705. The highest BCUT2D eigenvalue weighted by atomic mass is 79.9. The maximum Gasteiger partial charge on any atom is 0.157 e. The fourth-order valence-corrected chi connectivity index (χ4v) is 2.25. The molecule has 16 heavy (non-hydrogen) atoms. The minimum absolute atomic E-state index is 0.396. The Kier molecular flexibility index (Phi) is 3.43. The molecule has 0 aliphatic carbocycles. The predicted octanol–water partition coefficient (Wildman–Crippen LogP) is 2.70. The Bertz CT molecular complexity index is 466. The molecule has 2 aromatic heterocycles. The summed E-state index contributed by atoms with van der Waals surface area (Å²) in [6.45, 7) is 4.30. The van der Waals surface area contributed by atoms with Gasteiger partial charge in [0.25, 0.3) is 0 Å². The number of nitrogens with one attached hydrogen (secondary N) is 1. The van der Waals surface area contributed by atoms with E-state index in [-0.39, 0.29) is 0 Å². The van der Waals surface area contributed by atoms with E-state index in [1.807, 2.05) is 18.3 Å². The zero-order valence-electron chi connectivity index (χ0n) is 9.39. The molecule has 0 radical (unpaired) electrons. The summed E-state index contributed by atoms with van der Waals surface area (Å²) in [5.74, 6) is 0.897. The van der Waals surface area contributed by atoms with Crippen molar-refractivity contribution in [1.82, 2.24) is 14.6 Å². The van der Waals surface area contributed by atoms with E-state index >= 15 is 0 Å². The van der Waals surface area contributed by atoms with E-state index in [9.17, 15) is 0 Å².